The molecule has 0 bridgehead atoms. The molecule has 0 saturated carbocycles. The van der Waals surface area contributed by atoms with Gasteiger partial charge in [0.2, 0.25) is 0 Å². The first-order valence-corrected chi connectivity index (χ1v) is 6.46. The molecule has 3 heterocycles. The summed E-state index contributed by atoms with van der Waals surface area (Å²) in [5.74, 6) is 2.10. The fraction of sp³-hybridized carbons (Fsp3) is 0.583. The van der Waals surface area contributed by atoms with Crippen LogP contribution in [0.15, 0.2) is 12.7 Å². The van der Waals surface area contributed by atoms with Crippen LogP contribution in [0.1, 0.15) is 19.3 Å². The summed E-state index contributed by atoms with van der Waals surface area (Å²) in [7, 11) is 0. The molecule has 3 rings (SSSR count). The third-order valence-electron chi connectivity index (χ3n) is 3.67. The number of nitrogen functional groups attached to an aromatic ring is 1. The molecule has 3 N–H and O–H groups in total. The summed E-state index contributed by atoms with van der Waals surface area (Å²) in [5.41, 5.74) is 6.48. The molecule has 1 saturated heterocycles. The lowest BCUT2D eigenvalue weighted by Gasteiger charge is -2.23. The number of piperidine rings is 1. The zero-order valence-corrected chi connectivity index (χ0v) is 10.3. The van der Waals surface area contributed by atoms with E-state index in [1.54, 1.807) is 12.7 Å². The highest BCUT2D eigenvalue weighted by molar-refractivity contribution is 5.64. The molecule has 96 valence electrons. The summed E-state index contributed by atoms with van der Waals surface area (Å²) in [6.07, 6.45) is 7.01. The lowest BCUT2D eigenvalue weighted by molar-refractivity contribution is 0.337. The summed E-state index contributed by atoms with van der Waals surface area (Å²) in [5, 5.41) is 3.39. The second-order valence-corrected chi connectivity index (χ2v) is 4.85. The Hall–Kier alpha value is -1.69. The highest BCUT2D eigenvalue weighted by atomic mass is 15.1. The summed E-state index contributed by atoms with van der Waals surface area (Å²) in [6, 6.07) is 0. The molecule has 3 aliphatic heterocycles. The van der Waals surface area contributed by atoms with E-state index >= 15 is 0 Å². The van der Waals surface area contributed by atoms with Crippen LogP contribution < -0.4 is 11.1 Å². The summed E-state index contributed by atoms with van der Waals surface area (Å²) in [6.45, 7) is 3.22. The fourth-order valence-corrected chi connectivity index (χ4v) is 2.55. The predicted molar refractivity (Wildman–Crippen MR) is 69.1 cm³/mol. The number of nitrogens with zero attached hydrogens (tertiary/aromatic N) is 4. The standard InChI is InChI=1S/C12H18N6/c13-11-10-12(16-7-15-10)18(8-17-11)6-3-9-1-4-14-5-2-9/h7-9,14H,1-6,13H2. The number of imidazole rings is 1. The number of anilines is 1. The zero-order valence-electron chi connectivity index (χ0n) is 10.3. The van der Waals surface area contributed by atoms with Crippen molar-refractivity contribution in [3.8, 4) is 11.5 Å². The van der Waals surface area contributed by atoms with Crippen molar-refractivity contribution in [2.45, 2.75) is 25.8 Å². The van der Waals surface area contributed by atoms with Gasteiger partial charge in [-0.15, -0.1) is 0 Å². The Balaban J connectivity index is 1.71. The minimum Gasteiger partial charge on any atom is -0.382 e. The Kier molecular flexibility index (Phi) is 3.10. The zero-order chi connectivity index (χ0) is 12.4. The van der Waals surface area contributed by atoms with Crippen molar-refractivity contribution in [2.75, 3.05) is 18.8 Å². The second-order valence-electron chi connectivity index (χ2n) is 4.85. The van der Waals surface area contributed by atoms with Crippen LogP contribution in [0.25, 0.3) is 11.5 Å². The smallest absolute Gasteiger partial charge is 0.165 e. The maximum Gasteiger partial charge on any atom is 0.165 e. The maximum absolute atomic E-state index is 5.77. The lowest BCUT2D eigenvalue weighted by Crippen LogP contribution is -2.28. The van der Waals surface area contributed by atoms with Gasteiger partial charge < -0.3 is 15.6 Å². The van der Waals surface area contributed by atoms with Gasteiger partial charge in [-0.25, -0.2) is 15.0 Å². The molecule has 0 aliphatic carbocycles. The van der Waals surface area contributed by atoms with Crippen molar-refractivity contribution in [1.29, 1.82) is 0 Å². The van der Waals surface area contributed by atoms with E-state index in [1.807, 2.05) is 0 Å². The highest BCUT2D eigenvalue weighted by Gasteiger charge is 2.17. The number of fused-ring (bicyclic) bond motifs is 1. The third-order valence-corrected chi connectivity index (χ3v) is 3.67. The van der Waals surface area contributed by atoms with Gasteiger partial charge in [-0.2, -0.15) is 0 Å². The number of nitrogens with one attached hydrogen (secondary N) is 1. The average molecular weight is 246 g/mol. The van der Waals surface area contributed by atoms with E-state index < -0.39 is 0 Å². The van der Waals surface area contributed by atoms with Crippen LogP contribution in [0.2, 0.25) is 0 Å². The van der Waals surface area contributed by atoms with Gasteiger partial charge in [-0.05, 0) is 38.3 Å². The van der Waals surface area contributed by atoms with Gasteiger partial charge in [0.25, 0.3) is 0 Å². The topological polar surface area (TPSA) is 81.6 Å². The van der Waals surface area contributed by atoms with Gasteiger partial charge in [-0.3, -0.25) is 0 Å². The molecule has 3 aliphatic rings. The Morgan fingerprint density at radius 3 is 2.94 bits per heavy atom. The highest BCUT2D eigenvalue weighted by Crippen LogP contribution is 2.23. The van der Waals surface area contributed by atoms with Crippen LogP contribution in [-0.2, 0) is 6.54 Å². The molecular formula is C12H18N6. The minimum absolute atomic E-state index is 0.459. The number of hydrogen-bond acceptors (Lipinski definition) is 5. The van der Waals surface area contributed by atoms with E-state index in [0.717, 1.165) is 31.4 Å². The third kappa shape index (κ3) is 2.15. The molecule has 6 heteroatoms. The van der Waals surface area contributed by atoms with Crippen molar-refractivity contribution >= 4 is 5.82 Å². The van der Waals surface area contributed by atoms with E-state index in [2.05, 4.69) is 24.8 Å². The number of rotatable bonds is 3. The maximum atomic E-state index is 5.77. The van der Waals surface area contributed by atoms with Gasteiger partial charge >= 0.3 is 0 Å². The molecule has 1 fully saturated rings. The number of aryl methyl sites for hydroxylation is 1. The molecule has 0 aromatic rings. The van der Waals surface area contributed by atoms with E-state index in [1.165, 1.54) is 19.3 Å². The van der Waals surface area contributed by atoms with Crippen LogP contribution in [0, 0.1) is 5.92 Å². The van der Waals surface area contributed by atoms with Gasteiger partial charge in [-0.1, -0.05) is 0 Å². The number of aromatic nitrogens is 4. The number of nitrogens with two attached hydrogens (primary N) is 1. The molecular weight excluding hydrogens is 228 g/mol. The van der Waals surface area contributed by atoms with E-state index in [4.69, 9.17) is 5.73 Å². The summed E-state index contributed by atoms with van der Waals surface area (Å²) in [4.78, 5) is 12.6. The lowest BCUT2D eigenvalue weighted by atomic mass is 9.95. The largest absolute Gasteiger partial charge is 0.382 e. The molecule has 0 amide bonds. The van der Waals surface area contributed by atoms with Crippen LogP contribution in [0.5, 0.6) is 0 Å². The number of hydrogen-bond donors (Lipinski definition) is 2. The molecule has 0 spiro atoms. The van der Waals surface area contributed by atoms with Crippen molar-refractivity contribution in [3.63, 3.8) is 0 Å². The molecule has 18 heavy (non-hydrogen) atoms. The van der Waals surface area contributed by atoms with E-state index in [-0.39, 0.29) is 0 Å². The second kappa shape index (κ2) is 4.89. The first-order valence-electron chi connectivity index (χ1n) is 6.46. The molecule has 0 aromatic carbocycles. The molecule has 0 unspecified atom stereocenters. The molecule has 0 radical (unpaired) electrons. The fourth-order valence-electron chi connectivity index (χ4n) is 2.55. The molecule has 6 nitrogen and oxygen atoms in total. The Morgan fingerprint density at radius 1 is 1.28 bits per heavy atom. The van der Waals surface area contributed by atoms with Crippen LogP contribution >= 0.6 is 0 Å². The van der Waals surface area contributed by atoms with Crippen LogP contribution in [0.4, 0.5) is 5.82 Å². The van der Waals surface area contributed by atoms with Crippen molar-refractivity contribution < 1.29 is 0 Å². The monoisotopic (exact) mass is 246 g/mol. The van der Waals surface area contributed by atoms with Gasteiger partial charge in [0.1, 0.15) is 12.0 Å². The SMILES string of the molecule is Nc1ncn(CCC2CCNCC2)c2ncnc1-2. The van der Waals surface area contributed by atoms with Crippen LogP contribution in [0.3, 0.4) is 0 Å². The minimum atomic E-state index is 0.459. The van der Waals surface area contributed by atoms with Crippen LogP contribution in [-0.4, -0.2) is 32.6 Å². The van der Waals surface area contributed by atoms with Gasteiger partial charge in [0.05, 0.1) is 6.33 Å². The molecule has 0 aromatic heterocycles. The first kappa shape index (κ1) is 11.4. The normalized spacial score (nSPS) is 17.3. The molecule has 0 atom stereocenters. The summed E-state index contributed by atoms with van der Waals surface area (Å²) < 4.78 is 2.06. The van der Waals surface area contributed by atoms with E-state index in [0.29, 0.717) is 11.5 Å². The predicted octanol–water partition coefficient (Wildman–Crippen LogP) is 0.750. The summed E-state index contributed by atoms with van der Waals surface area (Å²) >= 11 is 0. The van der Waals surface area contributed by atoms with E-state index in [9.17, 15) is 0 Å². The first-order chi connectivity index (χ1) is 8.84. The van der Waals surface area contributed by atoms with Crippen molar-refractivity contribution in [2.24, 2.45) is 5.92 Å². The average Bonchev–Trinajstić information content (AvgIpc) is 2.90. The van der Waals surface area contributed by atoms with Crippen molar-refractivity contribution in [1.82, 2.24) is 24.8 Å². The Bertz CT molecular complexity index is 488. The Morgan fingerprint density at radius 2 is 2.11 bits per heavy atom. The quantitative estimate of drug-likeness (QED) is 0.835. The van der Waals surface area contributed by atoms with Crippen molar-refractivity contribution in [3.05, 3.63) is 12.7 Å². The van der Waals surface area contributed by atoms with Gasteiger partial charge in [0.15, 0.2) is 11.6 Å². The Labute approximate surface area is 106 Å². The van der Waals surface area contributed by atoms with Gasteiger partial charge in [0, 0.05) is 6.54 Å².